The van der Waals surface area contributed by atoms with Crippen molar-refractivity contribution in [2.45, 2.75) is 25.7 Å². The second-order valence-corrected chi connectivity index (χ2v) is 8.10. The zero-order valence-corrected chi connectivity index (χ0v) is 14.5. The molecule has 1 N–H and O–H groups in total. The molecule has 2 rings (SSSR count). The van der Waals surface area contributed by atoms with Gasteiger partial charge < -0.3 is 9.73 Å². The summed E-state index contributed by atoms with van der Waals surface area (Å²) in [4.78, 5) is 12.2. The Labute approximate surface area is 137 Å². The molecule has 0 radical (unpaired) electrons. The molecule has 1 atom stereocenters. The third-order valence-corrected chi connectivity index (χ3v) is 5.93. The first-order valence-electron chi connectivity index (χ1n) is 7.89. The Morgan fingerprint density at radius 2 is 2.26 bits per heavy atom. The monoisotopic (exact) mass is 343 g/mol. The van der Waals surface area contributed by atoms with Crippen molar-refractivity contribution in [2.24, 2.45) is 5.92 Å². The van der Waals surface area contributed by atoms with Crippen molar-refractivity contribution in [3.05, 3.63) is 24.2 Å². The molecule has 0 spiro atoms. The zero-order valence-electron chi connectivity index (χ0n) is 13.7. The van der Waals surface area contributed by atoms with E-state index in [0.29, 0.717) is 19.5 Å². The minimum atomic E-state index is -3.45. The maximum absolute atomic E-state index is 12.2. The predicted octanol–water partition coefficient (Wildman–Crippen LogP) is 0.847. The first-order valence-corrected chi connectivity index (χ1v) is 9.28. The van der Waals surface area contributed by atoms with Crippen molar-refractivity contribution >= 4 is 16.1 Å². The molecule has 0 saturated carbocycles. The van der Waals surface area contributed by atoms with E-state index in [9.17, 15) is 13.2 Å². The van der Waals surface area contributed by atoms with E-state index >= 15 is 0 Å². The van der Waals surface area contributed by atoms with Crippen molar-refractivity contribution in [3.8, 4) is 0 Å². The fourth-order valence-corrected chi connectivity index (χ4v) is 3.86. The summed E-state index contributed by atoms with van der Waals surface area (Å²) >= 11 is 0. The number of aryl methyl sites for hydroxylation is 1. The molecule has 1 aliphatic heterocycles. The van der Waals surface area contributed by atoms with E-state index < -0.39 is 10.2 Å². The van der Waals surface area contributed by atoms with Gasteiger partial charge in [0.15, 0.2) is 0 Å². The number of piperidine rings is 1. The molecular weight excluding hydrogens is 318 g/mol. The SMILES string of the molecule is CN(C)S(=O)(=O)N1CCC[C@@H](C(=O)NCCCc2ccco2)C1. The lowest BCUT2D eigenvalue weighted by molar-refractivity contribution is -0.126. The van der Waals surface area contributed by atoms with Crippen LogP contribution in [0.25, 0.3) is 0 Å². The number of rotatable bonds is 7. The summed E-state index contributed by atoms with van der Waals surface area (Å²) < 4.78 is 32.1. The van der Waals surface area contributed by atoms with Crippen LogP contribution in [0.15, 0.2) is 22.8 Å². The molecule has 0 bridgehead atoms. The van der Waals surface area contributed by atoms with Crippen molar-refractivity contribution in [1.29, 1.82) is 0 Å². The van der Waals surface area contributed by atoms with Gasteiger partial charge in [-0.2, -0.15) is 17.0 Å². The molecule has 1 aromatic heterocycles. The second kappa shape index (κ2) is 7.94. The Bertz CT molecular complexity index is 598. The van der Waals surface area contributed by atoms with Crippen molar-refractivity contribution in [1.82, 2.24) is 13.9 Å². The van der Waals surface area contributed by atoms with Gasteiger partial charge in [0.05, 0.1) is 12.2 Å². The molecule has 1 aromatic rings. The van der Waals surface area contributed by atoms with Crippen molar-refractivity contribution in [2.75, 3.05) is 33.7 Å². The average molecular weight is 343 g/mol. The van der Waals surface area contributed by atoms with Gasteiger partial charge in [-0.15, -0.1) is 0 Å². The number of carbonyl (C=O) groups is 1. The second-order valence-electron chi connectivity index (χ2n) is 5.96. The molecule has 1 amide bonds. The van der Waals surface area contributed by atoms with Gasteiger partial charge in [0.25, 0.3) is 10.2 Å². The van der Waals surface area contributed by atoms with E-state index in [1.807, 2.05) is 12.1 Å². The summed E-state index contributed by atoms with van der Waals surface area (Å²) in [6.45, 7) is 1.30. The van der Waals surface area contributed by atoms with Crippen molar-refractivity contribution < 1.29 is 17.6 Å². The fourth-order valence-electron chi connectivity index (χ4n) is 2.67. The van der Waals surface area contributed by atoms with Crippen LogP contribution in [0.5, 0.6) is 0 Å². The van der Waals surface area contributed by atoms with Crippen LogP contribution in [-0.4, -0.2) is 56.7 Å². The third kappa shape index (κ3) is 4.79. The maximum Gasteiger partial charge on any atom is 0.281 e. The quantitative estimate of drug-likeness (QED) is 0.744. The van der Waals surface area contributed by atoms with Gasteiger partial charge in [-0.25, -0.2) is 0 Å². The maximum atomic E-state index is 12.2. The summed E-state index contributed by atoms with van der Waals surface area (Å²) in [7, 11) is -0.432. The Morgan fingerprint density at radius 1 is 1.48 bits per heavy atom. The van der Waals surface area contributed by atoms with Crippen LogP contribution in [-0.2, 0) is 21.4 Å². The predicted molar refractivity (Wildman–Crippen MR) is 86.9 cm³/mol. The van der Waals surface area contributed by atoms with Gasteiger partial charge >= 0.3 is 0 Å². The highest BCUT2D eigenvalue weighted by atomic mass is 32.2. The molecule has 1 fully saturated rings. The minimum Gasteiger partial charge on any atom is -0.469 e. The summed E-state index contributed by atoms with van der Waals surface area (Å²) in [5.41, 5.74) is 0. The zero-order chi connectivity index (χ0) is 16.9. The molecule has 2 heterocycles. The van der Waals surface area contributed by atoms with Crippen LogP contribution in [0.1, 0.15) is 25.0 Å². The highest BCUT2D eigenvalue weighted by molar-refractivity contribution is 7.86. The van der Waals surface area contributed by atoms with E-state index in [0.717, 1.165) is 25.0 Å². The molecule has 0 aromatic carbocycles. The molecule has 7 nitrogen and oxygen atoms in total. The van der Waals surface area contributed by atoms with E-state index in [-0.39, 0.29) is 18.4 Å². The number of nitrogens with zero attached hydrogens (tertiary/aromatic N) is 2. The van der Waals surface area contributed by atoms with E-state index in [2.05, 4.69) is 5.32 Å². The van der Waals surface area contributed by atoms with E-state index in [1.54, 1.807) is 6.26 Å². The number of furan rings is 1. The Morgan fingerprint density at radius 3 is 2.91 bits per heavy atom. The molecular formula is C15H25N3O4S. The highest BCUT2D eigenvalue weighted by Gasteiger charge is 2.33. The summed E-state index contributed by atoms with van der Waals surface area (Å²) in [6.07, 6.45) is 4.64. The van der Waals surface area contributed by atoms with Gasteiger partial charge in [0.2, 0.25) is 5.91 Å². The van der Waals surface area contributed by atoms with Gasteiger partial charge in [-0.05, 0) is 31.4 Å². The van der Waals surface area contributed by atoms with Crippen LogP contribution < -0.4 is 5.32 Å². The number of amides is 1. The summed E-state index contributed by atoms with van der Waals surface area (Å²) in [6, 6.07) is 3.75. The van der Waals surface area contributed by atoms with Crippen LogP contribution >= 0.6 is 0 Å². The normalized spacial score (nSPS) is 19.9. The molecule has 8 heteroatoms. The van der Waals surface area contributed by atoms with E-state index in [4.69, 9.17) is 4.42 Å². The lowest BCUT2D eigenvalue weighted by Crippen LogP contribution is -2.48. The highest BCUT2D eigenvalue weighted by Crippen LogP contribution is 2.20. The van der Waals surface area contributed by atoms with Crippen LogP contribution in [0.2, 0.25) is 0 Å². The number of carbonyl (C=O) groups excluding carboxylic acids is 1. The van der Waals surface area contributed by atoms with E-state index in [1.165, 1.54) is 22.7 Å². The summed E-state index contributed by atoms with van der Waals surface area (Å²) in [5.74, 6) is 0.561. The first-order chi connectivity index (χ1) is 10.9. The minimum absolute atomic E-state index is 0.0666. The topological polar surface area (TPSA) is 82.9 Å². The summed E-state index contributed by atoms with van der Waals surface area (Å²) in [5, 5.41) is 2.90. The molecule has 130 valence electrons. The molecule has 1 aliphatic rings. The van der Waals surface area contributed by atoms with Crippen molar-refractivity contribution in [3.63, 3.8) is 0 Å². The number of nitrogens with one attached hydrogen (secondary N) is 1. The van der Waals surface area contributed by atoms with Crippen LogP contribution in [0.3, 0.4) is 0 Å². The fraction of sp³-hybridized carbons (Fsp3) is 0.667. The average Bonchev–Trinajstić information content (AvgIpc) is 3.04. The van der Waals surface area contributed by atoms with Gasteiger partial charge in [0.1, 0.15) is 5.76 Å². The Kier molecular flexibility index (Phi) is 6.20. The lowest BCUT2D eigenvalue weighted by atomic mass is 9.99. The van der Waals surface area contributed by atoms with Crippen LogP contribution in [0, 0.1) is 5.92 Å². The van der Waals surface area contributed by atoms with Gasteiger partial charge in [0, 0.05) is 40.2 Å². The molecule has 0 aliphatic carbocycles. The standard InChI is InChI=1S/C15H25N3O4S/c1-17(2)23(20,21)18-10-4-6-13(12-18)15(19)16-9-3-7-14-8-5-11-22-14/h5,8,11,13H,3-4,6-7,9-10,12H2,1-2H3,(H,16,19)/t13-/m1/s1. The molecule has 0 unspecified atom stereocenters. The smallest absolute Gasteiger partial charge is 0.281 e. The molecule has 23 heavy (non-hydrogen) atoms. The number of hydrogen-bond acceptors (Lipinski definition) is 4. The van der Waals surface area contributed by atoms with Crippen LogP contribution in [0.4, 0.5) is 0 Å². The first kappa shape index (κ1) is 18.0. The van der Waals surface area contributed by atoms with Gasteiger partial charge in [-0.3, -0.25) is 4.79 Å². The Hall–Kier alpha value is -1.38. The Balaban J connectivity index is 1.78. The number of hydrogen-bond donors (Lipinski definition) is 1. The van der Waals surface area contributed by atoms with Gasteiger partial charge in [-0.1, -0.05) is 0 Å². The largest absolute Gasteiger partial charge is 0.469 e. The molecule has 1 saturated heterocycles. The lowest BCUT2D eigenvalue weighted by Gasteiger charge is -2.32. The third-order valence-electron chi connectivity index (χ3n) is 4.02.